The Kier molecular flexibility index (Phi) is 4.92. The number of carbonyl (C=O) groups excluding carboxylic acids is 1. The van der Waals surface area contributed by atoms with Crippen molar-refractivity contribution in [2.75, 3.05) is 0 Å². The first-order valence-corrected chi connectivity index (χ1v) is 5.41. The molecule has 16 heavy (non-hydrogen) atoms. The first kappa shape index (κ1) is 12.6. The Morgan fingerprint density at radius 3 is 2.94 bits per heavy atom. The molecule has 0 spiro atoms. The molecular formula is C12H17FN2O. The van der Waals surface area contributed by atoms with E-state index in [1.54, 1.807) is 12.1 Å². The Morgan fingerprint density at radius 2 is 2.31 bits per heavy atom. The molecule has 1 aromatic rings. The Labute approximate surface area is 94.8 Å². The van der Waals surface area contributed by atoms with Gasteiger partial charge in [0, 0.05) is 6.54 Å². The van der Waals surface area contributed by atoms with E-state index in [9.17, 15) is 9.18 Å². The zero-order chi connectivity index (χ0) is 12.0. The lowest BCUT2D eigenvalue weighted by atomic mass is 10.1. The fourth-order valence-corrected chi connectivity index (χ4v) is 1.41. The first-order chi connectivity index (χ1) is 7.63. The molecule has 3 nitrogen and oxygen atoms in total. The summed E-state index contributed by atoms with van der Waals surface area (Å²) >= 11 is 0. The minimum absolute atomic E-state index is 0.189. The molecule has 1 aromatic carbocycles. The molecule has 0 aliphatic heterocycles. The molecule has 0 unspecified atom stereocenters. The monoisotopic (exact) mass is 224 g/mol. The highest BCUT2D eigenvalue weighted by Gasteiger charge is 2.11. The second-order valence-electron chi connectivity index (χ2n) is 3.74. The lowest BCUT2D eigenvalue weighted by molar-refractivity contribution is -0.122. The van der Waals surface area contributed by atoms with E-state index in [1.807, 2.05) is 6.92 Å². The topological polar surface area (TPSA) is 55.1 Å². The van der Waals surface area contributed by atoms with Gasteiger partial charge in [0.15, 0.2) is 0 Å². The van der Waals surface area contributed by atoms with Crippen LogP contribution in [-0.2, 0) is 11.3 Å². The number of hydrogen-bond acceptors (Lipinski definition) is 2. The summed E-state index contributed by atoms with van der Waals surface area (Å²) < 4.78 is 12.8. The molecule has 88 valence electrons. The lowest BCUT2D eigenvalue weighted by Crippen LogP contribution is -2.40. The van der Waals surface area contributed by atoms with Crippen molar-refractivity contribution >= 4 is 5.91 Å². The highest BCUT2D eigenvalue weighted by Crippen LogP contribution is 2.03. The minimum Gasteiger partial charge on any atom is -0.351 e. The van der Waals surface area contributed by atoms with Crippen LogP contribution in [0.5, 0.6) is 0 Å². The molecule has 0 saturated carbocycles. The summed E-state index contributed by atoms with van der Waals surface area (Å²) in [5.41, 5.74) is 6.37. The summed E-state index contributed by atoms with van der Waals surface area (Å²) in [7, 11) is 0. The zero-order valence-electron chi connectivity index (χ0n) is 9.37. The molecule has 1 rings (SSSR count). The summed E-state index contributed by atoms with van der Waals surface area (Å²) in [6.45, 7) is 2.29. The summed E-state index contributed by atoms with van der Waals surface area (Å²) in [4.78, 5) is 11.5. The third kappa shape index (κ3) is 3.98. The van der Waals surface area contributed by atoms with Gasteiger partial charge in [0.1, 0.15) is 5.82 Å². The zero-order valence-corrected chi connectivity index (χ0v) is 9.37. The minimum atomic E-state index is -0.474. The average Bonchev–Trinajstić information content (AvgIpc) is 2.26. The molecule has 1 atom stereocenters. The van der Waals surface area contributed by atoms with Crippen LogP contribution in [0.25, 0.3) is 0 Å². The van der Waals surface area contributed by atoms with Crippen LogP contribution >= 0.6 is 0 Å². The summed E-state index contributed by atoms with van der Waals surface area (Å²) in [5.74, 6) is -0.490. The molecular weight excluding hydrogens is 207 g/mol. The van der Waals surface area contributed by atoms with Crippen molar-refractivity contribution in [3.8, 4) is 0 Å². The van der Waals surface area contributed by atoms with Crippen molar-refractivity contribution in [1.29, 1.82) is 0 Å². The Bertz CT molecular complexity index is 355. The average molecular weight is 224 g/mol. The second-order valence-corrected chi connectivity index (χ2v) is 3.74. The predicted molar refractivity (Wildman–Crippen MR) is 61.1 cm³/mol. The van der Waals surface area contributed by atoms with E-state index in [0.717, 1.165) is 12.0 Å². The maximum Gasteiger partial charge on any atom is 0.237 e. The fourth-order valence-electron chi connectivity index (χ4n) is 1.41. The third-order valence-corrected chi connectivity index (χ3v) is 2.29. The maximum absolute atomic E-state index is 12.8. The van der Waals surface area contributed by atoms with E-state index in [-0.39, 0.29) is 11.7 Å². The van der Waals surface area contributed by atoms with Crippen LogP contribution in [-0.4, -0.2) is 11.9 Å². The number of hydrogen-bond donors (Lipinski definition) is 2. The largest absolute Gasteiger partial charge is 0.351 e. The number of rotatable bonds is 5. The molecule has 3 N–H and O–H groups in total. The van der Waals surface area contributed by atoms with Gasteiger partial charge < -0.3 is 11.1 Å². The van der Waals surface area contributed by atoms with Gasteiger partial charge >= 0.3 is 0 Å². The van der Waals surface area contributed by atoms with E-state index < -0.39 is 6.04 Å². The van der Waals surface area contributed by atoms with Gasteiger partial charge in [-0.1, -0.05) is 25.5 Å². The van der Waals surface area contributed by atoms with Gasteiger partial charge in [-0.15, -0.1) is 0 Å². The molecule has 4 heteroatoms. The van der Waals surface area contributed by atoms with Crippen LogP contribution in [0.3, 0.4) is 0 Å². The molecule has 0 saturated heterocycles. The van der Waals surface area contributed by atoms with Crippen molar-refractivity contribution in [2.24, 2.45) is 5.73 Å². The highest BCUT2D eigenvalue weighted by molar-refractivity contribution is 5.81. The van der Waals surface area contributed by atoms with Crippen LogP contribution < -0.4 is 11.1 Å². The van der Waals surface area contributed by atoms with Gasteiger partial charge in [0.2, 0.25) is 5.91 Å². The van der Waals surface area contributed by atoms with Crippen molar-refractivity contribution in [3.63, 3.8) is 0 Å². The maximum atomic E-state index is 12.8. The second kappa shape index (κ2) is 6.23. The van der Waals surface area contributed by atoms with Crippen LogP contribution in [0.1, 0.15) is 25.3 Å². The summed E-state index contributed by atoms with van der Waals surface area (Å²) in [6, 6.07) is 5.66. The number of halogens is 1. The van der Waals surface area contributed by atoms with Gasteiger partial charge in [-0.3, -0.25) is 4.79 Å². The third-order valence-electron chi connectivity index (χ3n) is 2.29. The number of nitrogens with two attached hydrogens (primary N) is 1. The number of amides is 1. The smallest absolute Gasteiger partial charge is 0.237 e. The van der Waals surface area contributed by atoms with Gasteiger partial charge in [-0.25, -0.2) is 4.39 Å². The lowest BCUT2D eigenvalue weighted by Gasteiger charge is -2.11. The van der Waals surface area contributed by atoms with Crippen molar-refractivity contribution in [3.05, 3.63) is 35.6 Å². The molecule has 0 aromatic heterocycles. The Balaban J connectivity index is 2.42. The van der Waals surface area contributed by atoms with Crippen molar-refractivity contribution in [1.82, 2.24) is 5.32 Å². The van der Waals surface area contributed by atoms with Crippen LogP contribution in [0, 0.1) is 5.82 Å². The molecule has 0 fully saturated rings. The molecule has 0 heterocycles. The highest BCUT2D eigenvalue weighted by atomic mass is 19.1. The fraction of sp³-hybridized carbons (Fsp3) is 0.417. The number of nitrogens with one attached hydrogen (secondary N) is 1. The van der Waals surface area contributed by atoms with Crippen molar-refractivity contribution < 1.29 is 9.18 Å². The van der Waals surface area contributed by atoms with Gasteiger partial charge in [0.25, 0.3) is 0 Å². The molecule has 1 amide bonds. The van der Waals surface area contributed by atoms with Gasteiger partial charge in [0.05, 0.1) is 6.04 Å². The van der Waals surface area contributed by atoms with E-state index in [1.165, 1.54) is 12.1 Å². The van der Waals surface area contributed by atoms with Gasteiger partial charge in [-0.2, -0.15) is 0 Å². The van der Waals surface area contributed by atoms with E-state index in [2.05, 4.69) is 5.32 Å². The Hall–Kier alpha value is -1.42. The van der Waals surface area contributed by atoms with E-state index >= 15 is 0 Å². The van der Waals surface area contributed by atoms with E-state index in [0.29, 0.717) is 13.0 Å². The standard InChI is InChI=1S/C12H17FN2O/c1-2-4-11(14)12(16)15-8-9-5-3-6-10(13)7-9/h3,5-7,11H,2,4,8,14H2,1H3,(H,15,16)/t11-/m0/s1. The normalized spacial score (nSPS) is 12.2. The first-order valence-electron chi connectivity index (χ1n) is 5.41. The number of carbonyl (C=O) groups is 1. The number of benzene rings is 1. The summed E-state index contributed by atoms with van der Waals surface area (Å²) in [6.07, 6.45) is 1.53. The quantitative estimate of drug-likeness (QED) is 0.797. The molecule has 0 aliphatic rings. The molecule has 0 bridgehead atoms. The summed E-state index contributed by atoms with van der Waals surface area (Å²) in [5, 5.41) is 2.68. The molecule has 0 aliphatic carbocycles. The van der Waals surface area contributed by atoms with Crippen LogP contribution in [0.4, 0.5) is 4.39 Å². The predicted octanol–water partition coefficient (Wildman–Crippen LogP) is 1.57. The Morgan fingerprint density at radius 1 is 1.56 bits per heavy atom. The molecule has 0 radical (unpaired) electrons. The van der Waals surface area contributed by atoms with E-state index in [4.69, 9.17) is 5.73 Å². The van der Waals surface area contributed by atoms with Crippen LogP contribution in [0.15, 0.2) is 24.3 Å². The van der Waals surface area contributed by atoms with Crippen LogP contribution in [0.2, 0.25) is 0 Å². The SMILES string of the molecule is CCC[C@H](N)C(=O)NCc1cccc(F)c1. The van der Waals surface area contributed by atoms with Crippen molar-refractivity contribution in [2.45, 2.75) is 32.4 Å². The van der Waals surface area contributed by atoms with Gasteiger partial charge in [-0.05, 0) is 24.1 Å².